The Balaban J connectivity index is 1.66. The van der Waals surface area contributed by atoms with Crippen LogP contribution in [0.15, 0.2) is 48.8 Å². The van der Waals surface area contributed by atoms with E-state index in [1.54, 1.807) is 28.0 Å². The predicted molar refractivity (Wildman–Crippen MR) is 117 cm³/mol. The van der Waals surface area contributed by atoms with Gasteiger partial charge in [0, 0.05) is 29.5 Å². The third kappa shape index (κ3) is 4.57. The number of carbonyl (C=O) groups excluding carboxylic acids is 2. The molecule has 0 radical (unpaired) electrons. The second kappa shape index (κ2) is 8.45. The topological polar surface area (TPSA) is 93.0 Å². The minimum atomic E-state index is -0.741. The predicted octanol–water partition coefficient (Wildman–Crippen LogP) is 2.86. The maximum atomic E-state index is 13.5. The maximum absolute atomic E-state index is 13.5. The van der Waals surface area contributed by atoms with Crippen LogP contribution in [0, 0.1) is 0 Å². The molecule has 1 aliphatic rings. The number of aromatic nitrogens is 4. The quantitative estimate of drug-likeness (QED) is 0.605. The number of nitrogens with zero attached hydrogens (tertiary/aromatic N) is 5. The van der Waals surface area contributed by atoms with E-state index in [2.05, 4.69) is 20.6 Å². The van der Waals surface area contributed by atoms with Gasteiger partial charge in [0.25, 0.3) is 0 Å². The molecule has 2 amide bonds. The minimum Gasteiger partial charge on any atom is -0.349 e. The summed E-state index contributed by atoms with van der Waals surface area (Å²) in [7, 11) is 0. The van der Waals surface area contributed by atoms with Gasteiger partial charge in [0.1, 0.15) is 18.1 Å². The highest BCUT2D eigenvalue weighted by molar-refractivity contribution is 5.90. The van der Waals surface area contributed by atoms with E-state index in [-0.39, 0.29) is 29.9 Å². The molecule has 8 nitrogen and oxygen atoms in total. The molecule has 2 heterocycles. The van der Waals surface area contributed by atoms with Crippen LogP contribution in [0.3, 0.4) is 0 Å². The first-order valence-corrected chi connectivity index (χ1v) is 10.7. The van der Waals surface area contributed by atoms with Gasteiger partial charge in [-0.2, -0.15) is 0 Å². The van der Waals surface area contributed by atoms with Crippen LogP contribution < -0.4 is 5.32 Å². The molecular weight excluding hydrogens is 392 g/mol. The van der Waals surface area contributed by atoms with Crippen molar-refractivity contribution in [3.63, 3.8) is 0 Å². The zero-order valence-electron chi connectivity index (χ0n) is 18.2. The average molecular weight is 421 g/mol. The summed E-state index contributed by atoms with van der Waals surface area (Å²) < 4.78 is 1.60. The van der Waals surface area contributed by atoms with Crippen molar-refractivity contribution < 1.29 is 9.59 Å². The first-order chi connectivity index (χ1) is 14.9. The number of amides is 2. The van der Waals surface area contributed by atoms with Crippen molar-refractivity contribution in [3.8, 4) is 0 Å². The van der Waals surface area contributed by atoms with Crippen molar-refractivity contribution in [3.05, 3.63) is 54.4 Å². The molecule has 162 valence electrons. The summed E-state index contributed by atoms with van der Waals surface area (Å²) in [5, 5.41) is 11.4. The van der Waals surface area contributed by atoms with E-state index in [0.29, 0.717) is 5.56 Å². The van der Waals surface area contributed by atoms with Crippen LogP contribution in [0.2, 0.25) is 0 Å². The van der Waals surface area contributed by atoms with E-state index in [9.17, 15) is 9.59 Å². The molecule has 1 aromatic carbocycles. The molecule has 3 aromatic rings. The van der Waals surface area contributed by atoms with Crippen LogP contribution in [0.5, 0.6) is 0 Å². The minimum absolute atomic E-state index is 0.0260. The van der Waals surface area contributed by atoms with Crippen molar-refractivity contribution in [2.45, 2.75) is 64.2 Å². The lowest BCUT2D eigenvalue weighted by molar-refractivity contribution is -0.143. The Morgan fingerprint density at radius 2 is 2.00 bits per heavy atom. The molecular formula is C23H28N6O2. The van der Waals surface area contributed by atoms with E-state index in [1.807, 2.05) is 51.1 Å². The first kappa shape index (κ1) is 21.0. The Hall–Kier alpha value is -3.29. The molecule has 0 saturated heterocycles. The number of rotatable bonds is 8. The summed E-state index contributed by atoms with van der Waals surface area (Å²) in [6, 6.07) is 10.5. The SMILES string of the molecule is CCC(C)(C)NC(=O)C(c1cccnc1)N(C(=O)Cn1nnc2ccccc21)C1CC1. The van der Waals surface area contributed by atoms with Crippen LogP contribution in [0.1, 0.15) is 51.6 Å². The smallest absolute Gasteiger partial charge is 0.247 e. The van der Waals surface area contributed by atoms with Crippen LogP contribution in [0.4, 0.5) is 0 Å². The maximum Gasteiger partial charge on any atom is 0.247 e. The summed E-state index contributed by atoms with van der Waals surface area (Å²) in [6.07, 6.45) is 5.87. The molecule has 1 fully saturated rings. The summed E-state index contributed by atoms with van der Waals surface area (Å²) in [6.45, 7) is 6.02. The lowest BCUT2D eigenvalue weighted by Gasteiger charge is -2.34. The van der Waals surface area contributed by atoms with Crippen molar-refractivity contribution >= 4 is 22.8 Å². The molecule has 1 N–H and O–H groups in total. The molecule has 4 rings (SSSR count). The summed E-state index contributed by atoms with van der Waals surface area (Å²) in [4.78, 5) is 32.9. The summed E-state index contributed by atoms with van der Waals surface area (Å²) >= 11 is 0. The Morgan fingerprint density at radius 3 is 2.68 bits per heavy atom. The number of hydrogen-bond donors (Lipinski definition) is 1. The van der Waals surface area contributed by atoms with E-state index >= 15 is 0 Å². The highest BCUT2D eigenvalue weighted by atomic mass is 16.2. The van der Waals surface area contributed by atoms with Gasteiger partial charge in [-0.05, 0) is 51.3 Å². The molecule has 31 heavy (non-hydrogen) atoms. The van der Waals surface area contributed by atoms with Gasteiger partial charge in [0.05, 0.1) is 5.52 Å². The standard InChI is InChI=1S/C23H28N6O2/c1-4-23(2,3)25-22(31)21(16-8-7-13-24-14-16)29(17-11-12-17)20(30)15-28-19-10-6-5-9-18(19)26-27-28/h5-10,13-14,17,21H,4,11-12,15H2,1-3H3,(H,25,31). The largest absolute Gasteiger partial charge is 0.349 e. The van der Waals surface area contributed by atoms with Crippen molar-refractivity contribution in [1.82, 2.24) is 30.2 Å². The first-order valence-electron chi connectivity index (χ1n) is 10.7. The zero-order chi connectivity index (χ0) is 22.0. The van der Waals surface area contributed by atoms with E-state index in [4.69, 9.17) is 0 Å². The Morgan fingerprint density at radius 1 is 1.23 bits per heavy atom. The van der Waals surface area contributed by atoms with Crippen LogP contribution in [-0.4, -0.2) is 48.3 Å². The van der Waals surface area contributed by atoms with E-state index in [0.717, 1.165) is 30.3 Å². The molecule has 1 aliphatic carbocycles. The van der Waals surface area contributed by atoms with E-state index in [1.165, 1.54) is 0 Å². The van der Waals surface area contributed by atoms with Crippen molar-refractivity contribution in [1.29, 1.82) is 0 Å². The number of para-hydroxylation sites is 1. The van der Waals surface area contributed by atoms with Gasteiger partial charge in [-0.3, -0.25) is 14.6 Å². The third-order valence-electron chi connectivity index (χ3n) is 5.81. The number of pyridine rings is 1. The van der Waals surface area contributed by atoms with Crippen LogP contribution in [-0.2, 0) is 16.1 Å². The van der Waals surface area contributed by atoms with Gasteiger partial charge in [-0.1, -0.05) is 30.3 Å². The van der Waals surface area contributed by atoms with Gasteiger partial charge in [0.15, 0.2) is 0 Å². The summed E-state index contributed by atoms with van der Waals surface area (Å²) in [5.74, 6) is -0.347. The second-order valence-electron chi connectivity index (χ2n) is 8.68. The fourth-order valence-electron chi connectivity index (χ4n) is 3.62. The van der Waals surface area contributed by atoms with Gasteiger partial charge in [-0.25, -0.2) is 4.68 Å². The normalized spacial score (nSPS) is 14.9. The Labute approximate surface area is 181 Å². The van der Waals surface area contributed by atoms with Crippen LogP contribution in [0.25, 0.3) is 11.0 Å². The average Bonchev–Trinajstić information content (AvgIpc) is 3.52. The van der Waals surface area contributed by atoms with Crippen molar-refractivity contribution in [2.75, 3.05) is 0 Å². The number of benzene rings is 1. The molecule has 1 unspecified atom stereocenters. The Bertz CT molecular complexity index is 1070. The zero-order valence-corrected chi connectivity index (χ0v) is 18.2. The molecule has 2 aromatic heterocycles. The molecule has 1 saturated carbocycles. The molecule has 8 heteroatoms. The lowest BCUT2D eigenvalue weighted by atomic mass is 9.99. The van der Waals surface area contributed by atoms with Gasteiger partial charge in [-0.15, -0.1) is 5.10 Å². The van der Waals surface area contributed by atoms with Gasteiger partial charge >= 0.3 is 0 Å². The fourth-order valence-corrected chi connectivity index (χ4v) is 3.62. The molecule has 0 spiro atoms. The fraction of sp³-hybridized carbons (Fsp3) is 0.435. The van der Waals surface area contributed by atoms with Crippen LogP contribution >= 0.6 is 0 Å². The van der Waals surface area contributed by atoms with Crippen molar-refractivity contribution in [2.24, 2.45) is 0 Å². The Kier molecular flexibility index (Phi) is 5.71. The highest BCUT2D eigenvalue weighted by Crippen LogP contribution is 2.35. The number of hydrogen-bond acceptors (Lipinski definition) is 5. The number of fused-ring (bicyclic) bond motifs is 1. The molecule has 0 bridgehead atoms. The molecule has 1 atom stereocenters. The third-order valence-corrected chi connectivity index (χ3v) is 5.81. The monoisotopic (exact) mass is 420 g/mol. The number of nitrogens with one attached hydrogen (secondary N) is 1. The summed E-state index contributed by atoms with van der Waals surface area (Å²) in [5.41, 5.74) is 1.86. The highest BCUT2D eigenvalue weighted by Gasteiger charge is 2.42. The lowest BCUT2D eigenvalue weighted by Crippen LogP contribution is -2.51. The van der Waals surface area contributed by atoms with Gasteiger partial charge in [0.2, 0.25) is 11.8 Å². The van der Waals surface area contributed by atoms with Gasteiger partial charge < -0.3 is 10.2 Å². The second-order valence-corrected chi connectivity index (χ2v) is 8.68. The van der Waals surface area contributed by atoms with E-state index < -0.39 is 6.04 Å². The number of carbonyl (C=O) groups is 2. The molecule has 0 aliphatic heterocycles.